The number of aliphatic carboxylic acids is 2. The number of carbonyl (C=O) groups is 4. The molecule has 3 aromatic carbocycles. The molecule has 15 nitrogen and oxygen atoms in total. The van der Waals surface area contributed by atoms with Gasteiger partial charge in [0.05, 0.1) is 37.1 Å². The minimum atomic E-state index is -1.82. The molecule has 0 aliphatic carbocycles. The van der Waals surface area contributed by atoms with Crippen LogP contribution in [0.15, 0.2) is 83.8 Å². The number of methoxy groups -OCH3 is 1. The molecular formula is C35H34FN5O10. The third-order valence-corrected chi connectivity index (χ3v) is 7.21. The monoisotopic (exact) mass is 703 g/mol. The number of nitrogens with one attached hydrogen (secondary N) is 2. The minimum Gasteiger partial charge on any atom is -0.497 e. The molecule has 4 N–H and O–H groups in total. The van der Waals surface area contributed by atoms with Crippen LogP contribution in [0.1, 0.15) is 23.0 Å². The van der Waals surface area contributed by atoms with E-state index in [9.17, 15) is 14.4 Å². The Balaban J connectivity index is 0.000000894. The van der Waals surface area contributed by atoms with Crippen LogP contribution in [-0.2, 0) is 25.7 Å². The Hall–Kier alpha value is -6.55. The van der Waals surface area contributed by atoms with E-state index in [0.29, 0.717) is 33.8 Å². The molecule has 16 heteroatoms. The van der Waals surface area contributed by atoms with Crippen LogP contribution < -0.4 is 25.7 Å². The van der Waals surface area contributed by atoms with Gasteiger partial charge in [-0.1, -0.05) is 18.2 Å². The van der Waals surface area contributed by atoms with Crippen molar-refractivity contribution in [2.45, 2.75) is 26.5 Å². The van der Waals surface area contributed by atoms with Crippen LogP contribution in [0.25, 0.3) is 16.6 Å². The summed E-state index contributed by atoms with van der Waals surface area (Å²) in [7, 11) is 3.19. The highest BCUT2D eigenvalue weighted by molar-refractivity contribution is 6.27. The van der Waals surface area contributed by atoms with Crippen LogP contribution in [-0.4, -0.2) is 75.2 Å². The molecule has 5 rings (SSSR count). The number of ether oxygens (including phenoxy) is 3. The summed E-state index contributed by atoms with van der Waals surface area (Å²) in [5, 5.41) is 20.8. The first kappa shape index (κ1) is 37.3. The van der Waals surface area contributed by atoms with Crippen LogP contribution in [0.2, 0.25) is 0 Å². The van der Waals surface area contributed by atoms with Crippen molar-refractivity contribution < 1.29 is 48.0 Å². The molecule has 0 aliphatic rings. The number of amides is 1. The first-order valence-electron chi connectivity index (χ1n) is 15.2. The molecule has 0 unspecified atom stereocenters. The third kappa shape index (κ3) is 9.12. The van der Waals surface area contributed by atoms with Gasteiger partial charge in [0.15, 0.2) is 11.6 Å². The fraction of sp³-hybridized carbons (Fsp3) is 0.200. The lowest BCUT2D eigenvalue weighted by atomic mass is 10.2. The summed E-state index contributed by atoms with van der Waals surface area (Å²) < 4.78 is 34.7. The molecule has 0 bridgehead atoms. The highest BCUT2D eigenvalue weighted by Crippen LogP contribution is 2.33. The molecule has 1 atom stereocenters. The number of benzene rings is 3. The van der Waals surface area contributed by atoms with Gasteiger partial charge in [-0.3, -0.25) is 24.0 Å². The van der Waals surface area contributed by atoms with Crippen LogP contribution in [0.4, 0.5) is 10.1 Å². The normalized spacial score (nSPS) is 11.2. The summed E-state index contributed by atoms with van der Waals surface area (Å²) in [5.74, 6) is -4.59. The van der Waals surface area contributed by atoms with Gasteiger partial charge in [0.1, 0.15) is 23.2 Å². The number of hydrogen-bond donors (Lipinski definition) is 4. The van der Waals surface area contributed by atoms with Gasteiger partial charge in [-0.2, -0.15) is 0 Å². The number of halogens is 1. The van der Waals surface area contributed by atoms with Crippen molar-refractivity contribution >= 4 is 40.4 Å². The van der Waals surface area contributed by atoms with E-state index in [-0.39, 0.29) is 30.1 Å². The quantitative estimate of drug-likeness (QED) is 0.114. The highest BCUT2D eigenvalue weighted by Gasteiger charge is 2.26. The molecule has 0 saturated heterocycles. The SMILES string of the molecule is CNCC(=O)O[C@H](C)Cn1c(C)c(C(=O)Nc2ccc(Oc3ccnc4cc(OC)ccc34)c(F)c2)c(=O)n1-c1ccccc1.O=C(O)C(=O)O. The summed E-state index contributed by atoms with van der Waals surface area (Å²) in [4.78, 5) is 61.7. The molecule has 51 heavy (non-hydrogen) atoms. The second kappa shape index (κ2) is 16.7. The van der Waals surface area contributed by atoms with Gasteiger partial charge in [-0.05, 0) is 63.4 Å². The standard InChI is InChI=1S/C33H32FN5O6.C2H2O4/c1-20(44-30(40)18-35-3)19-38-21(2)31(33(42)39(38)23-8-6-5-7-9-23)32(41)37-22-10-13-29(26(34)16-22)45-28-14-15-36-27-17-24(43-4)11-12-25(27)28;3-1(4)2(5)6/h5-17,20,35H,18-19H2,1-4H3,(H,37,41);(H,3,4)(H,5,6)/t20-;/m1./s1. The van der Waals surface area contributed by atoms with E-state index in [4.69, 9.17) is 34.0 Å². The Kier molecular flexibility index (Phi) is 12.2. The second-order valence-electron chi connectivity index (χ2n) is 10.8. The summed E-state index contributed by atoms with van der Waals surface area (Å²) in [6.07, 6.45) is 0.941. The minimum absolute atomic E-state index is 0.0307. The van der Waals surface area contributed by atoms with Gasteiger partial charge in [0.2, 0.25) is 0 Å². The lowest BCUT2D eigenvalue weighted by Crippen LogP contribution is -2.30. The Bertz CT molecular complexity index is 2120. The van der Waals surface area contributed by atoms with Crippen molar-refractivity contribution in [2.75, 3.05) is 26.0 Å². The number of fused-ring (bicyclic) bond motifs is 1. The lowest BCUT2D eigenvalue weighted by Gasteiger charge is -2.18. The Labute approximate surface area is 289 Å². The first-order chi connectivity index (χ1) is 24.3. The molecule has 2 heterocycles. The Morgan fingerprint density at radius 3 is 2.29 bits per heavy atom. The second-order valence-corrected chi connectivity index (χ2v) is 10.8. The van der Waals surface area contributed by atoms with E-state index in [1.165, 1.54) is 16.8 Å². The molecule has 0 aliphatic heterocycles. The average molecular weight is 704 g/mol. The Morgan fingerprint density at radius 1 is 0.961 bits per heavy atom. The largest absolute Gasteiger partial charge is 0.497 e. The summed E-state index contributed by atoms with van der Waals surface area (Å²) in [5.41, 5.74) is 0.901. The van der Waals surface area contributed by atoms with Gasteiger partial charge in [0, 0.05) is 29.4 Å². The van der Waals surface area contributed by atoms with Gasteiger partial charge in [0.25, 0.3) is 11.5 Å². The predicted molar refractivity (Wildman–Crippen MR) is 182 cm³/mol. The third-order valence-electron chi connectivity index (χ3n) is 7.21. The van der Waals surface area contributed by atoms with Crippen LogP contribution in [0.3, 0.4) is 0 Å². The Morgan fingerprint density at radius 2 is 1.67 bits per heavy atom. The van der Waals surface area contributed by atoms with Crippen LogP contribution in [0, 0.1) is 12.7 Å². The zero-order chi connectivity index (χ0) is 37.2. The van der Waals surface area contributed by atoms with E-state index in [0.717, 1.165) is 6.07 Å². The number of aromatic nitrogens is 3. The summed E-state index contributed by atoms with van der Waals surface area (Å²) >= 11 is 0. The summed E-state index contributed by atoms with van der Waals surface area (Å²) in [6.45, 7) is 3.47. The van der Waals surface area contributed by atoms with Crippen LogP contribution in [0.5, 0.6) is 17.2 Å². The number of para-hydroxylation sites is 1. The van der Waals surface area contributed by atoms with Crippen molar-refractivity contribution in [3.8, 4) is 22.9 Å². The molecule has 0 spiro atoms. The van der Waals surface area contributed by atoms with Crippen LogP contribution >= 0.6 is 0 Å². The zero-order valence-electron chi connectivity index (χ0n) is 27.9. The number of hydrogen-bond acceptors (Lipinski definition) is 10. The van der Waals surface area contributed by atoms with Crippen molar-refractivity contribution in [1.82, 2.24) is 19.7 Å². The highest BCUT2D eigenvalue weighted by atomic mass is 19.1. The maximum absolute atomic E-state index is 15.2. The predicted octanol–water partition coefficient (Wildman–Crippen LogP) is 3.99. The number of carboxylic acids is 2. The lowest BCUT2D eigenvalue weighted by molar-refractivity contribution is -0.159. The van der Waals surface area contributed by atoms with E-state index in [2.05, 4.69) is 15.6 Å². The maximum Gasteiger partial charge on any atom is 0.414 e. The van der Waals surface area contributed by atoms with Gasteiger partial charge < -0.3 is 35.1 Å². The fourth-order valence-electron chi connectivity index (χ4n) is 4.94. The molecule has 2 aromatic heterocycles. The molecule has 0 radical (unpaired) electrons. The van der Waals surface area contributed by atoms with Crippen molar-refractivity contribution in [3.63, 3.8) is 0 Å². The molecule has 1 amide bonds. The van der Waals surface area contributed by atoms with E-state index >= 15 is 4.39 Å². The van der Waals surface area contributed by atoms with E-state index in [1.807, 2.05) is 0 Å². The first-order valence-corrected chi connectivity index (χ1v) is 15.2. The molecule has 5 aromatic rings. The van der Waals surface area contributed by atoms with Gasteiger partial charge in [-0.15, -0.1) is 0 Å². The van der Waals surface area contributed by atoms with E-state index < -0.39 is 41.3 Å². The molecule has 266 valence electrons. The number of carbonyl (C=O) groups excluding carboxylic acids is 2. The van der Waals surface area contributed by atoms with E-state index in [1.54, 1.807) is 93.5 Å². The molecule has 0 saturated carbocycles. The topological polar surface area (TPSA) is 200 Å². The number of pyridine rings is 1. The number of anilines is 1. The molecule has 0 fully saturated rings. The maximum atomic E-state index is 15.2. The zero-order valence-corrected chi connectivity index (χ0v) is 27.9. The molecular weight excluding hydrogens is 669 g/mol. The smallest absolute Gasteiger partial charge is 0.414 e. The fourth-order valence-corrected chi connectivity index (χ4v) is 4.94. The average Bonchev–Trinajstić information content (AvgIpc) is 3.34. The number of esters is 1. The summed E-state index contributed by atoms with van der Waals surface area (Å²) in [6, 6.07) is 19.7. The number of nitrogens with zero attached hydrogens (tertiary/aromatic N) is 3. The van der Waals surface area contributed by atoms with Crippen molar-refractivity contribution in [1.29, 1.82) is 0 Å². The number of carboxylic acid groups (broad SMARTS) is 2. The number of rotatable bonds is 11. The van der Waals surface area contributed by atoms with Gasteiger partial charge in [-0.25, -0.2) is 18.7 Å². The van der Waals surface area contributed by atoms with Crippen molar-refractivity contribution in [3.05, 3.63) is 106 Å². The van der Waals surface area contributed by atoms with Gasteiger partial charge >= 0.3 is 17.9 Å². The number of likely N-dealkylation sites (N-methyl/N-ethyl adjacent to an activating group) is 1. The van der Waals surface area contributed by atoms with Crippen molar-refractivity contribution in [2.24, 2.45) is 0 Å².